The van der Waals surface area contributed by atoms with Gasteiger partial charge in [0.2, 0.25) is 0 Å². The summed E-state index contributed by atoms with van der Waals surface area (Å²) in [6.07, 6.45) is -1.53. The highest BCUT2D eigenvalue weighted by Crippen LogP contribution is 2.30. The van der Waals surface area contributed by atoms with Gasteiger partial charge in [-0.2, -0.15) is 13.2 Å². The number of pyridine rings is 1. The number of rotatable bonds is 4. The molecule has 0 bridgehead atoms. The van der Waals surface area contributed by atoms with Crippen LogP contribution in [0.1, 0.15) is 16.1 Å². The number of aromatic nitrogens is 1. The Labute approximate surface area is 140 Å². The number of furan rings is 1. The Hall–Kier alpha value is -3.29. The molecule has 0 aliphatic heterocycles. The zero-order chi connectivity index (χ0) is 17.9. The first kappa shape index (κ1) is 16.6. The van der Waals surface area contributed by atoms with Crippen molar-refractivity contribution >= 4 is 23.1 Å². The second-order valence-corrected chi connectivity index (χ2v) is 5.06. The molecule has 8 heteroatoms. The fourth-order valence-corrected chi connectivity index (χ4v) is 2.04. The van der Waals surface area contributed by atoms with Crippen LogP contribution in [0.2, 0.25) is 0 Å². The van der Waals surface area contributed by atoms with Gasteiger partial charge in [-0.3, -0.25) is 4.79 Å². The molecule has 3 rings (SSSR count). The van der Waals surface area contributed by atoms with Gasteiger partial charge in [0.15, 0.2) is 5.76 Å². The van der Waals surface area contributed by atoms with E-state index in [1.165, 1.54) is 30.7 Å². The summed E-state index contributed by atoms with van der Waals surface area (Å²) < 4.78 is 42.5. The van der Waals surface area contributed by atoms with Crippen molar-refractivity contribution in [3.05, 3.63) is 72.3 Å². The third-order valence-corrected chi connectivity index (χ3v) is 3.25. The van der Waals surface area contributed by atoms with Gasteiger partial charge in [-0.1, -0.05) is 0 Å². The minimum Gasteiger partial charge on any atom is -0.459 e. The van der Waals surface area contributed by atoms with Crippen LogP contribution in [-0.4, -0.2) is 10.9 Å². The average molecular weight is 347 g/mol. The van der Waals surface area contributed by atoms with E-state index in [4.69, 9.17) is 4.42 Å². The van der Waals surface area contributed by atoms with Crippen LogP contribution < -0.4 is 10.6 Å². The number of halogens is 3. The Balaban J connectivity index is 1.63. The molecule has 0 aliphatic rings. The molecule has 1 amide bonds. The quantitative estimate of drug-likeness (QED) is 0.718. The van der Waals surface area contributed by atoms with Crippen molar-refractivity contribution in [1.29, 1.82) is 0 Å². The van der Waals surface area contributed by atoms with Crippen LogP contribution in [-0.2, 0) is 6.18 Å². The minimum absolute atomic E-state index is 0.161. The van der Waals surface area contributed by atoms with Gasteiger partial charge < -0.3 is 15.1 Å². The largest absolute Gasteiger partial charge is 0.459 e. The summed E-state index contributed by atoms with van der Waals surface area (Å²) in [5, 5.41) is 5.49. The number of hydrogen-bond donors (Lipinski definition) is 2. The molecule has 2 aromatic heterocycles. The first-order chi connectivity index (χ1) is 11.9. The third-order valence-electron chi connectivity index (χ3n) is 3.25. The van der Waals surface area contributed by atoms with Crippen LogP contribution in [0.5, 0.6) is 0 Å². The molecule has 0 fully saturated rings. The maximum absolute atomic E-state index is 12.5. The lowest BCUT2D eigenvalue weighted by molar-refractivity contribution is -0.137. The van der Waals surface area contributed by atoms with Crippen LogP contribution in [0.4, 0.5) is 30.4 Å². The summed E-state index contributed by atoms with van der Waals surface area (Å²) in [7, 11) is 0. The van der Waals surface area contributed by atoms with Crippen molar-refractivity contribution in [2.45, 2.75) is 6.18 Å². The van der Waals surface area contributed by atoms with E-state index in [1.54, 1.807) is 18.2 Å². The van der Waals surface area contributed by atoms with E-state index >= 15 is 0 Å². The zero-order valence-electron chi connectivity index (χ0n) is 12.7. The molecule has 0 spiro atoms. The molecule has 1 aromatic carbocycles. The maximum atomic E-state index is 12.5. The van der Waals surface area contributed by atoms with Crippen molar-refractivity contribution in [3.63, 3.8) is 0 Å². The Morgan fingerprint density at radius 3 is 2.28 bits per heavy atom. The van der Waals surface area contributed by atoms with E-state index < -0.39 is 17.6 Å². The van der Waals surface area contributed by atoms with Gasteiger partial charge in [0, 0.05) is 5.69 Å². The maximum Gasteiger partial charge on any atom is 0.416 e. The van der Waals surface area contributed by atoms with E-state index in [0.717, 1.165) is 12.1 Å². The predicted molar refractivity (Wildman–Crippen MR) is 85.6 cm³/mol. The highest BCUT2D eigenvalue weighted by molar-refractivity contribution is 6.01. The SMILES string of the molecule is O=C(Nc1ccc(Nc2ccc(C(F)(F)F)cc2)cn1)c1ccco1. The molecule has 0 radical (unpaired) electrons. The monoisotopic (exact) mass is 347 g/mol. The molecule has 0 atom stereocenters. The number of nitrogens with one attached hydrogen (secondary N) is 2. The fraction of sp³-hybridized carbons (Fsp3) is 0.0588. The molecule has 3 aromatic rings. The zero-order valence-corrected chi connectivity index (χ0v) is 12.7. The smallest absolute Gasteiger partial charge is 0.416 e. The summed E-state index contributed by atoms with van der Waals surface area (Å²) in [6, 6.07) is 11.0. The van der Waals surface area contributed by atoms with Crippen LogP contribution in [0.25, 0.3) is 0 Å². The number of amides is 1. The molecule has 0 unspecified atom stereocenters. The average Bonchev–Trinajstić information content (AvgIpc) is 3.11. The lowest BCUT2D eigenvalue weighted by Crippen LogP contribution is -2.11. The lowest BCUT2D eigenvalue weighted by atomic mass is 10.2. The molecule has 5 nitrogen and oxygen atoms in total. The Kier molecular flexibility index (Phi) is 4.42. The van der Waals surface area contributed by atoms with Crippen LogP contribution in [0.15, 0.2) is 65.4 Å². The van der Waals surface area contributed by atoms with Gasteiger partial charge in [-0.25, -0.2) is 4.98 Å². The lowest BCUT2D eigenvalue weighted by Gasteiger charge is -2.10. The van der Waals surface area contributed by atoms with E-state index in [-0.39, 0.29) is 5.76 Å². The van der Waals surface area contributed by atoms with Gasteiger partial charge in [0.1, 0.15) is 5.82 Å². The molecule has 0 saturated carbocycles. The van der Waals surface area contributed by atoms with E-state index in [2.05, 4.69) is 15.6 Å². The molecular formula is C17H12F3N3O2. The number of nitrogens with zero attached hydrogens (tertiary/aromatic N) is 1. The third kappa shape index (κ3) is 4.17. The Bertz CT molecular complexity index is 842. The van der Waals surface area contributed by atoms with Crippen molar-refractivity contribution in [1.82, 2.24) is 4.98 Å². The van der Waals surface area contributed by atoms with Gasteiger partial charge in [0.25, 0.3) is 5.91 Å². The van der Waals surface area contributed by atoms with Gasteiger partial charge in [-0.15, -0.1) is 0 Å². The molecule has 0 saturated heterocycles. The highest BCUT2D eigenvalue weighted by Gasteiger charge is 2.29. The minimum atomic E-state index is -4.37. The van der Waals surface area contributed by atoms with Gasteiger partial charge >= 0.3 is 6.18 Å². The van der Waals surface area contributed by atoms with Gasteiger partial charge in [-0.05, 0) is 48.5 Å². The number of hydrogen-bond acceptors (Lipinski definition) is 4. The second kappa shape index (κ2) is 6.68. The van der Waals surface area contributed by atoms with E-state index in [1.807, 2.05) is 0 Å². The van der Waals surface area contributed by atoms with Crippen molar-refractivity contribution in [3.8, 4) is 0 Å². The van der Waals surface area contributed by atoms with E-state index in [0.29, 0.717) is 17.2 Å². The normalized spacial score (nSPS) is 11.2. The first-order valence-corrected chi connectivity index (χ1v) is 7.17. The Morgan fingerprint density at radius 1 is 1.00 bits per heavy atom. The van der Waals surface area contributed by atoms with Crippen molar-refractivity contribution < 1.29 is 22.4 Å². The fourth-order valence-electron chi connectivity index (χ4n) is 2.04. The van der Waals surface area contributed by atoms with Gasteiger partial charge in [0.05, 0.1) is 23.7 Å². The van der Waals surface area contributed by atoms with Crippen LogP contribution in [0.3, 0.4) is 0 Å². The van der Waals surface area contributed by atoms with Crippen molar-refractivity contribution in [2.75, 3.05) is 10.6 Å². The van der Waals surface area contributed by atoms with Crippen molar-refractivity contribution in [2.24, 2.45) is 0 Å². The molecule has 128 valence electrons. The highest BCUT2D eigenvalue weighted by atomic mass is 19.4. The number of anilines is 3. The molecule has 25 heavy (non-hydrogen) atoms. The second-order valence-electron chi connectivity index (χ2n) is 5.06. The summed E-state index contributed by atoms with van der Waals surface area (Å²) in [4.78, 5) is 15.9. The Morgan fingerprint density at radius 2 is 1.72 bits per heavy atom. The summed E-state index contributed by atoms with van der Waals surface area (Å²) in [5.74, 6) is 0.0501. The number of carbonyl (C=O) groups excluding carboxylic acids is 1. The van der Waals surface area contributed by atoms with E-state index in [9.17, 15) is 18.0 Å². The number of alkyl halides is 3. The number of benzene rings is 1. The van der Waals surface area contributed by atoms with Crippen LogP contribution >= 0.6 is 0 Å². The first-order valence-electron chi connectivity index (χ1n) is 7.17. The molecule has 2 N–H and O–H groups in total. The topological polar surface area (TPSA) is 67.2 Å². The summed E-state index contributed by atoms with van der Waals surface area (Å²) >= 11 is 0. The summed E-state index contributed by atoms with van der Waals surface area (Å²) in [5.41, 5.74) is 0.338. The predicted octanol–water partition coefficient (Wildman–Crippen LogP) is 4.69. The standard InChI is InChI=1S/C17H12F3N3O2/c18-17(19,20)11-3-5-12(6-4-11)22-13-7-8-15(21-10-13)23-16(24)14-2-1-9-25-14/h1-10,22H,(H,21,23,24). The van der Waals surface area contributed by atoms with Crippen LogP contribution in [0, 0.1) is 0 Å². The summed E-state index contributed by atoms with van der Waals surface area (Å²) in [6.45, 7) is 0. The molecule has 2 heterocycles. The number of carbonyl (C=O) groups is 1. The molecule has 0 aliphatic carbocycles. The molecular weight excluding hydrogens is 335 g/mol.